The van der Waals surface area contributed by atoms with Crippen molar-refractivity contribution in [2.45, 2.75) is 44.4 Å². The Morgan fingerprint density at radius 2 is 1.96 bits per heavy atom. The van der Waals surface area contributed by atoms with Crippen molar-refractivity contribution < 1.29 is 9.90 Å². The Hall–Kier alpha value is -2.35. The molecule has 0 aliphatic heterocycles. The molecule has 0 aromatic heterocycles. The van der Waals surface area contributed by atoms with Crippen LogP contribution in [0, 0.1) is 6.92 Å². The first kappa shape index (κ1) is 15.2. The van der Waals surface area contributed by atoms with Crippen LogP contribution in [0.2, 0.25) is 0 Å². The molecule has 2 atom stereocenters. The number of fused-ring (bicyclic) bond motifs is 5. The zero-order chi connectivity index (χ0) is 16.9. The zero-order valence-electron chi connectivity index (χ0n) is 14.2. The van der Waals surface area contributed by atoms with Crippen molar-refractivity contribution in [3.05, 3.63) is 75.9 Å². The van der Waals surface area contributed by atoms with E-state index in [0.717, 1.165) is 5.56 Å². The maximum Gasteiger partial charge on any atom is 0.335 e. The Labute approximate surface area is 142 Å². The number of aromatic carboxylic acids is 1. The van der Waals surface area contributed by atoms with Gasteiger partial charge in [0.25, 0.3) is 0 Å². The molecule has 2 aromatic rings. The van der Waals surface area contributed by atoms with Gasteiger partial charge in [-0.2, -0.15) is 0 Å². The fraction of sp³-hybridized carbons (Fsp3) is 0.318. The Balaban J connectivity index is 1.73. The van der Waals surface area contributed by atoms with Crippen LogP contribution in [0.4, 0.5) is 0 Å². The minimum Gasteiger partial charge on any atom is -0.478 e. The highest BCUT2D eigenvalue weighted by Crippen LogP contribution is 2.60. The van der Waals surface area contributed by atoms with Gasteiger partial charge in [-0.1, -0.05) is 47.5 Å². The number of allylic oxidation sites excluding steroid dienone is 1. The average molecular weight is 318 g/mol. The van der Waals surface area contributed by atoms with E-state index in [1.54, 1.807) is 17.7 Å². The highest BCUT2D eigenvalue weighted by Gasteiger charge is 2.49. The van der Waals surface area contributed by atoms with E-state index in [2.05, 4.69) is 38.1 Å². The van der Waals surface area contributed by atoms with Gasteiger partial charge < -0.3 is 5.11 Å². The van der Waals surface area contributed by atoms with Gasteiger partial charge in [0.15, 0.2) is 0 Å². The molecule has 0 radical (unpaired) electrons. The summed E-state index contributed by atoms with van der Waals surface area (Å²) < 4.78 is 0. The number of aryl methyl sites for hydroxylation is 1. The van der Waals surface area contributed by atoms with Gasteiger partial charge in [0.1, 0.15) is 0 Å². The molecule has 122 valence electrons. The van der Waals surface area contributed by atoms with E-state index < -0.39 is 5.97 Å². The van der Waals surface area contributed by atoms with Crippen LogP contribution in [0.3, 0.4) is 0 Å². The van der Waals surface area contributed by atoms with E-state index in [4.69, 9.17) is 5.11 Å². The summed E-state index contributed by atoms with van der Waals surface area (Å²) in [5, 5.41) is 9.03. The Morgan fingerprint density at radius 1 is 1.21 bits per heavy atom. The quantitative estimate of drug-likeness (QED) is 0.832. The maximum atomic E-state index is 11.0. The molecule has 2 bridgehead atoms. The minimum atomic E-state index is -0.875. The molecule has 1 saturated carbocycles. The van der Waals surface area contributed by atoms with E-state index in [1.807, 2.05) is 12.1 Å². The molecule has 0 amide bonds. The topological polar surface area (TPSA) is 37.3 Å². The van der Waals surface area contributed by atoms with Crippen LogP contribution in [0.5, 0.6) is 0 Å². The predicted molar refractivity (Wildman–Crippen MR) is 96.5 cm³/mol. The molecule has 2 aliphatic rings. The molecule has 2 aliphatic carbocycles. The molecule has 2 aromatic carbocycles. The van der Waals surface area contributed by atoms with Crippen LogP contribution < -0.4 is 0 Å². The van der Waals surface area contributed by atoms with E-state index in [-0.39, 0.29) is 5.41 Å². The lowest BCUT2D eigenvalue weighted by Gasteiger charge is -2.31. The van der Waals surface area contributed by atoms with E-state index in [1.165, 1.54) is 36.0 Å². The van der Waals surface area contributed by atoms with Crippen molar-refractivity contribution in [3.8, 4) is 0 Å². The lowest BCUT2D eigenvalue weighted by Crippen LogP contribution is -2.22. The third-order valence-corrected chi connectivity index (χ3v) is 5.97. The molecule has 1 N–H and O–H groups in total. The number of carboxylic acids is 1. The summed E-state index contributed by atoms with van der Waals surface area (Å²) in [7, 11) is 0. The molecule has 2 unspecified atom stereocenters. The van der Waals surface area contributed by atoms with Crippen molar-refractivity contribution in [2.24, 2.45) is 0 Å². The summed E-state index contributed by atoms with van der Waals surface area (Å²) in [5.74, 6) is -0.169. The lowest BCUT2D eigenvalue weighted by atomic mass is 9.73. The SMILES string of the molecule is C/C(=C\c1ccc(C(=O)O)cc1)C12CCC(C1)c1ccc(C)cc12. The molecule has 1 fully saturated rings. The van der Waals surface area contributed by atoms with Crippen molar-refractivity contribution in [2.75, 3.05) is 0 Å². The van der Waals surface area contributed by atoms with Crippen LogP contribution in [0.15, 0.2) is 48.0 Å². The van der Waals surface area contributed by atoms with Gasteiger partial charge in [0.2, 0.25) is 0 Å². The van der Waals surface area contributed by atoms with Crippen LogP contribution in [0.25, 0.3) is 6.08 Å². The summed E-state index contributed by atoms with van der Waals surface area (Å²) in [4.78, 5) is 11.0. The van der Waals surface area contributed by atoms with Crippen molar-refractivity contribution in [1.29, 1.82) is 0 Å². The monoisotopic (exact) mass is 318 g/mol. The Morgan fingerprint density at radius 3 is 2.67 bits per heavy atom. The first-order valence-corrected chi connectivity index (χ1v) is 8.63. The fourth-order valence-corrected chi connectivity index (χ4v) is 4.68. The third-order valence-electron chi connectivity index (χ3n) is 5.97. The van der Waals surface area contributed by atoms with Gasteiger partial charge in [0, 0.05) is 5.41 Å². The van der Waals surface area contributed by atoms with Gasteiger partial charge in [-0.15, -0.1) is 0 Å². The third kappa shape index (κ3) is 2.21. The predicted octanol–water partition coefficient (Wildman–Crippen LogP) is 5.32. The second kappa shape index (κ2) is 5.34. The number of hydrogen-bond acceptors (Lipinski definition) is 1. The molecule has 2 nitrogen and oxygen atoms in total. The summed E-state index contributed by atoms with van der Waals surface area (Å²) in [6, 6.07) is 14.1. The second-order valence-corrected chi connectivity index (χ2v) is 7.37. The Bertz CT molecular complexity index is 845. The molecule has 0 saturated heterocycles. The van der Waals surface area contributed by atoms with Gasteiger partial charge in [-0.05, 0) is 67.9 Å². The van der Waals surface area contributed by atoms with Gasteiger partial charge in [-0.25, -0.2) is 4.79 Å². The normalized spacial score (nSPS) is 24.9. The first-order valence-electron chi connectivity index (χ1n) is 8.63. The second-order valence-electron chi connectivity index (χ2n) is 7.37. The molecular formula is C22H22O2. The summed E-state index contributed by atoms with van der Waals surface area (Å²) in [6.07, 6.45) is 5.97. The molecule has 4 rings (SSSR count). The van der Waals surface area contributed by atoms with Crippen LogP contribution >= 0.6 is 0 Å². The van der Waals surface area contributed by atoms with Gasteiger partial charge >= 0.3 is 5.97 Å². The molecule has 24 heavy (non-hydrogen) atoms. The highest BCUT2D eigenvalue weighted by molar-refractivity contribution is 5.87. The lowest BCUT2D eigenvalue weighted by molar-refractivity contribution is 0.0697. The van der Waals surface area contributed by atoms with Crippen LogP contribution in [-0.4, -0.2) is 11.1 Å². The largest absolute Gasteiger partial charge is 0.478 e. The smallest absolute Gasteiger partial charge is 0.335 e. The fourth-order valence-electron chi connectivity index (χ4n) is 4.68. The first-order chi connectivity index (χ1) is 11.5. The summed E-state index contributed by atoms with van der Waals surface area (Å²) in [5.41, 5.74) is 7.40. The zero-order valence-corrected chi connectivity index (χ0v) is 14.2. The van der Waals surface area contributed by atoms with Crippen molar-refractivity contribution in [3.63, 3.8) is 0 Å². The molecule has 2 heteroatoms. The standard InChI is InChI=1S/C22H22O2/c1-14-3-8-19-18-9-10-22(13-18,20(19)11-14)15(2)12-16-4-6-17(7-5-16)21(23)24/h3-8,11-12,18H,9-10,13H2,1-2H3,(H,23,24)/b15-12+. The average Bonchev–Trinajstić information content (AvgIpc) is 3.13. The summed E-state index contributed by atoms with van der Waals surface area (Å²) in [6.45, 7) is 4.41. The van der Waals surface area contributed by atoms with Crippen LogP contribution in [-0.2, 0) is 5.41 Å². The maximum absolute atomic E-state index is 11.0. The van der Waals surface area contributed by atoms with E-state index >= 15 is 0 Å². The number of carboxylic acid groups (broad SMARTS) is 1. The number of rotatable bonds is 3. The Kier molecular flexibility index (Phi) is 3.38. The van der Waals surface area contributed by atoms with E-state index in [0.29, 0.717) is 11.5 Å². The number of carbonyl (C=O) groups is 1. The number of hydrogen-bond donors (Lipinski definition) is 1. The molecule has 0 spiro atoms. The van der Waals surface area contributed by atoms with Gasteiger partial charge in [0.05, 0.1) is 5.56 Å². The molecule has 0 heterocycles. The van der Waals surface area contributed by atoms with Crippen molar-refractivity contribution >= 4 is 12.0 Å². The molecular weight excluding hydrogens is 296 g/mol. The van der Waals surface area contributed by atoms with Gasteiger partial charge in [-0.3, -0.25) is 0 Å². The van der Waals surface area contributed by atoms with E-state index in [9.17, 15) is 4.79 Å². The van der Waals surface area contributed by atoms with Crippen LogP contribution in [0.1, 0.15) is 64.7 Å². The van der Waals surface area contributed by atoms with Crippen molar-refractivity contribution in [1.82, 2.24) is 0 Å². The summed E-state index contributed by atoms with van der Waals surface area (Å²) >= 11 is 0. The number of benzene rings is 2. The minimum absolute atomic E-state index is 0.178. The highest BCUT2D eigenvalue weighted by atomic mass is 16.4.